The van der Waals surface area contributed by atoms with E-state index in [1.165, 1.54) is 0 Å². The number of amides is 1. The zero-order valence-electron chi connectivity index (χ0n) is 11.5. The summed E-state index contributed by atoms with van der Waals surface area (Å²) in [6.07, 6.45) is -0.788. The second-order valence-electron chi connectivity index (χ2n) is 5.01. The number of nitrogens with zero attached hydrogens (tertiary/aromatic N) is 1. The van der Waals surface area contributed by atoms with Crippen LogP contribution < -0.4 is 4.74 Å². The lowest BCUT2D eigenvalue weighted by atomic mass is 10.2. The van der Waals surface area contributed by atoms with Crippen molar-refractivity contribution >= 4 is 23.5 Å². The molecule has 1 amide bonds. The molecule has 2 atom stereocenters. The van der Waals surface area contributed by atoms with Crippen molar-refractivity contribution in [2.45, 2.75) is 25.5 Å². The van der Waals surface area contributed by atoms with Crippen LogP contribution >= 0.6 is 11.6 Å². The number of aliphatic hydroxyl groups is 1. The molecule has 114 valence electrons. The van der Waals surface area contributed by atoms with Crippen LogP contribution in [0.3, 0.4) is 0 Å². The van der Waals surface area contributed by atoms with Crippen molar-refractivity contribution < 1.29 is 24.5 Å². The Hall–Kier alpha value is -1.79. The van der Waals surface area contributed by atoms with E-state index in [4.69, 9.17) is 21.4 Å². The molecule has 0 radical (unpaired) electrons. The van der Waals surface area contributed by atoms with Crippen LogP contribution in [0.5, 0.6) is 5.75 Å². The first-order chi connectivity index (χ1) is 9.88. The van der Waals surface area contributed by atoms with Gasteiger partial charge in [-0.25, -0.2) is 4.79 Å². The summed E-state index contributed by atoms with van der Waals surface area (Å²) in [5.74, 6) is -1.25. The number of β-amino-alcohol motifs (C(OH)–C–C–N with tert-alkyl or cyclic N) is 1. The Balaban J connectivity index is 2.01. The number of halogens is 1. The van der Waals surface area contributed by atoms with Gasteiger partial charge in [0.15, 0.2) is 6.61 Å². The van der Waals surface area contributed by atoms with Gasteiger partial charge in [-0.1, -0.05) is 17.7 Å². The van der Waals surface area contributed by atoms with E-state index in [1.807, 2.05) is 13.0 Å². The minimum absolute atomic E-state index is 0.000704. The highest BCUT2D eigenvalue weighted by atomic mass is 35.5. The lowest BCUT2D eigenvalue weighted by Crippen LogP contribution is -2.42. The molecular weight excluding hydrogens is 298 g/mol. The smallest absolute Gasteiger partial charge is 0.326 e. The van der Waals surface area contributed by atoms with E-state index >= 15 is 0 Å². The van der Waals surface area contributed by atoms with Crippen LogP contribution in [0.15, 0.2) is 18.2 Å². The summed E-state index contributed by atoms with van der Waals surface area (Å²) in [5.41, 5.74) is 0.932. The van der Waals surface area contributed by atoms with Gasteiger partial charge in [0, 0.05) is 13.0 Å². The number of rotatable bonds is 4. The number of benzene rings is 1. The molecule has 1 heterocycles. The molecule has 0 aliphatic carbocycles. The van der Waals surface area contributed by atoms with E-state index in [0.717, 1.165) is 10.5 Å². The van der Waals surface area contributed by atoms with Crippen LogP contribution in [0.1, 0.15) is 12.0 Å². The Bertz CT molecular complexity index is 562. The van der Waals surface area contributed by atoms with Gasteiger partial charge in [0.1, 0.15) is 11.8 Å². The van der Waals surface area contributed by atoms with Gasteiger partial charge in [0.25, 0.3) is 5.91 Å². The largest absolute Gasteiger partial charge is 0.482 e. The van der Waals surface area contributed by atoms with Crippen LogP contribution in [0.2, 0.25) is 5.02 Å². The predicted octanol–water partition coefficient (Wildman–Crippen LogP) is 1.07. The van der Waals surface area contributed by atoms with Crippen molar-refractivity contribution in [2.24, 2.45) is 0 Å². The Labute approximate surface area is 126 Å². The SMILES string of the molecule is Cc1ccc(Cl)c(OCC(=O)N2C[C@H](O)C[C@@H]2C(=O)O)c1. The van der Waals surface area contributed by atoms with Gasteiger partial charge >= 0.3 is 5.97 Å². The monoisotopic (exact) mass is 313 g/mol. The Morgan fingerprint density at radius 3 is 2.86 bits per heavy atom. The fourth-order valence-corrected chi connectivity index (χ4v) is 2.44. The number of carbonyl (C=O) groups excluding carboxylic acids is 1. The van der Waals surface area contributed by atoms with Crippen LogP contribution in [-0.2, 0) is 9.59 Å². The zero-order chi connectivity index (χ0) is 15.6. The van der Waals surface area contributed by atoms with Crippen molar-refractivity contribution in [1.82, 2.24) is 4.90 Å². The Morgan fingerprint density at radius 2 is 2.19 bits per heavy atom. The van der Waals surface area contributed by atoms with Gasteiger partial charge in [0.2, 0.25) is 0 Å². The molecule has 6 nitrogen and oxygen atoms in total. The number of aliphatic carboxylic acids is 1. The van der Waals surface area contributed by atoms with E-state index in [9.17, 15) is 14.7 Å². The van der Waals surface area contributed by atoms with Crippen molar-refractivity contribution in [3.05, 3.63) is 28.8 Å². The summed E-state index contributed by atoms with van der Waals surface area (Å²) in [6, 6.07) is 4.16. The first-order valence-electron chi connectivity index (χ1n) is 6.47. The fraction of sp³-hybridized carbons (Fsp3) is 0.429. The number of ether oxygens (including phenoxy) is 1. The quantitative estimate of drug-likeness (QED) is 0.868. The summed E-state index contributed by atoms with van der Waals surface area (Å²) in [4.78, 5) is 24.2. The van der Waals surface area contributed by atoms with Crippen molar-refractivity contribution in [3.63, 3.8) is 0 Å². The molecule has 1 saturated heterocycles. The third-order valence-electron chi connectivity index (χ3n) is 3.32. The summed E-state index contributed by atoms with van der Waals surface area (Å²) in [7, 11) is 0. The minimum atomic E-state index is -1.13. The summed E-state index contributed by atoms with van der Waals surface area (Å²) in [5, 5.41) is 18.9. The molecule has 1 aromatic carbocycles. The van der Waals surface area contributed by atoms with Gasteiger partial charge in [0.05, 0.1) is 11.1 Å². The van der Waals surface area contributed by atoms with Gasteiger partial charge in [-0.3, -0.25) is 4.79 Å². The normalized spacial score (nSPS) is 21.4. The number of hydrogen-bond donors (Lipinski definition) is 2. The molecule has 2 rings (SSSR count). The van der Waals surface area contributed by atoms with E-state index in [1.54, 1.807) is 12.1 Å². The maximum absolute atomic E-state index is 12.1. The summed E-state index contributed by atoms with van der Waals surface area (Å²) < 4.78 is 5.36. The second-order valence-corrected chi connectivity index (χ2v) is 5.42. The van der Waals surface area contributed by atoms with E-state index in [0.29, 0.717) is 10.8 Å². The number of hydrogen-bond acceptors (Lipinski definition) is 4. The first-order valence-corrected chi connectivity index (χ1v) is 6.85. The minimum Gasteiger partial charge on any atom is -0.482 e. The topological polar surface area (TPSA) is 87.1 Å². The second kappa shape index (κ2) is 6.32. The van der Waals surface area contributed by atoms with Crippen molar-refractivity contribution in [3.8, 4) is 5.75 Å². The highest BCUT2D eigenvalue weighted by Crippen LogP contribution is 2.25. The number of carboxylic acid groups (broad SMARTS) is 1. The molecule has 0 unspecified atom stereocenters. The highest BCUT2D eigenvalue weighted by molar-refractivity contribution is 6.32. The Morgan fingerprint density at radius 1 is 1.48 bits per heavy atom. The molecule has 1 fully saturated rings. The lowest BCUT2D eigenvalue weighted by Gasteiger charge is -2.21. The van der Waals surface area contributed by atoms with Crippen LogP contribution in [0, 0.1) is 6.92 Å². The molecule has 1 aliphatic rings. The fourth-order valence-electron chi connectivity index (χ4n) is 2.27. The van der Waals surface area contributed by atoms with E-state index < -0.39 is 24.0 Å². The molecule has 2 N–H and O–H groups in total. The molecule has 1 aromatic rings. The third kappa shape index (κ3) is 3.65. The molecule has 0 aromatic heterocycles. The number of carbonyl (C=O) groups is 2. The molecule has 0 bridgehead atoms. The standard InChI is InChI=1S/C14H16ClNO5/c1-8-2-3-10(15)12(4-8)21-7-13(18)16-6-9(17)5-11(16)14(19)20/h2-4,9,11,17H,5-7H2,1H3,(H,19,20)/t9-,11-/m1/s1. The van der Waals surface area contributed by atoms with Gasteiger partial charge < -0.3 is 19.8 Å². The van der Waals surface area contributed by atoms with Crippen molar-refractivity contribution in [1.29, 1.82) is 0 Å². The predicted molar refractivity (Wildman–Crippen MR) is 75.4 cm³/mol. The van der Waals surface area contributed by atoms with Gasteiger partial charge in [-0.05, 0) is 24.6 Å². The Kier molecular flexibility index (Phi) is 4.69. The molecular formula is C14H16ClNO5. The molecule has 0 spiro atoms. The highest BCUT2D eigenvalue weighted by Gasteiger charge is 2.38. The van der Waals surface area contributed by atoms with Gasteiger partial charge in [-0.2, -0.15) is 0 Å². The van der Waals surface area contributed by atoms with Crippen LogP contribution in [0.4, 0.5) is 0 Å². The third-order valence-corrected chi connectivity index (χ3v) is 3.63. The van der Waals surface area contributed by atoms with Crippen LogP contribution in [-0.4, -0.2) is 52.3 Å². The molecule has 21 heavy (non-hydrogen) atoms. The number of aryl methyl sites for hydroxylation is 1. The zero-order valence-corrected chi connectivity index (χ0v) is 12.2. The lowest BCUT2D eigenvalue weighted by molar-refractivity contribution is -0.148. The number of carboxylic acids is 1. The molecule has 1 aliphatic heterocycles. The summed E-state index contributed by atoms with van der Waals surface area (Å²) in [6.45, 7) is 1.54. The van der Waals surface area contributed by atoms with Crippen molar-refractivity contribution in [2.75, 3.05) is 13.2 Å². The number of likely N-dealkylation sites (tertiary alicyclic amines) is 1. The maximum Gasteiger partial charge on any atom is 0.326 e. The summed E-state index contributed by atoms with van der Waals surface area (Å²) >= 11 is 5.96. The molecule has 7 heteroatoms. The maximum atomic E-state index is 12.1. The van der Waals surface area contributed by atoms with Crippen LogP contribution in [0.25, 0.3) is 0 Å². The number of aliphatic hydroxyl groups excluding tert-OH is 1. The average molecular weight is 314 g/mol. The van der Waals surface area contributed by atoms with Gasteiger partial charge in [-0.15, -0.1) is 0 Å². The molecule has 0 saturated carbocycles. The van der Waals surface area contributed by atoms with E-state index in [-0.39, 0.29) is 19.6 Å². The first kappa shape index (κ1) is 15.6. The van der Waals surface area contributed by atoms with E-state index in [2.05, 4.69) is 0 Å². The average Bonchev–Trinajstić information content (AvgIpc) is 2.82.